The van der Waals surface area contributed by atoms with Gasteiger partial charge >= 0.3 is 0 Å². The third kappa shape index (κ3) is 3.90. The maximum absolute atomic E-state index is 14.4. The second kappa shape index (κ2) is 10.9. The average Bonchev–Trinajstić information content (AvgIpc) is 3.82. The molecule has 1 spiro atoms. The molecule has 0 saturated heterocycles. The number of rotatable bonds is 2. The molecule has 3 aliphatic rings. The third-order valence-corrected chi connectivity index (χ3v) is 13.8. The van der Waals surface area contributed by atoms with E-state index < -0.39 is 15.3 Å². The van der Waals surface area contributed by atoms with Gasteiger partial charge in [-0.25, -0.2) is 13.4 Å². The summed E-state index contributed by atoms with van der Waals surface area (Å²) in [6.07, 6.45) is 0. The van der Waals surface area contributed by atoms with Crippen molar-refractivity contribution in [3.63, 3.8) is 0 Å². The van der Waals surface area contributed by atoms with Gasteiger partial charge in [0.15, 0.2) is 0 Å². The van der Waals surface area contributed by atoms with E-state index in [0.717, 1.165) is 94.9 Å². The molecule has 2 heterocycles. The lowest BCUT2D eigenvalue weighted by molar-refractivity contribution is 0.598. The molecule has 258 valence electrons. The normalized spacial score (nSPS) is 16.4. The monoisotopic (exact) mass is 722 g/mol. The summed E-state index contributed by atoms with van der Waals surface area (Å²) < 4.78 is 31.1. The van der Waals surface area contributed by atoms with Crippen molar-refractivity contribution >= 4 is 20.9 Å². The van der Waals surface area contributed by atoms with Gasteiger partial charge in [0.25, 0.3) is 0 Å². The molecule has 1 unspecified atom stereocenters. The van der Waals surface area contributed by atoms with Crippen LogP contribution in [0.1, 0.15) is 22.3 Å². The molecule has 0 fully saturated rings. The molecule has 0 saturated carbocycles. The van der Waals surface area contributed by atoms with Crippen LogP contribution in [0.5, 0.6) is 0 Å². The summed E-state index contributed by atoms with van der Waals surface area (Å²) in [5.41, 5.74) is 15.6. The van der Waals surface area contributed by atoms with Gasteiger partial charge in [-0.05, 0) is 104 Å². The average molecular weight is 723 g/mol. The maximum atomic E-state index is 14.4. The van der Waals surface area contributed by atoms with Crippen LogP contribution < -0.4 is 0 Å². The highest BCUT2D eigenvalue weighted by atomic mass is 32.2. The van der Waals surface area contributed by atoms with E-state index in [1.54, 1.807) is 6.07 Å². The smallest absolute Gasteiger partial charge is 0.207 e. The van der Waals surface area contributed by atoms with E-state index in [1.165, 1.54) is 0 Å². The van der Waals surface area contributed by atoms with Crippen molar-refractivity contribution in [2.75, 3.05) is 0 Å². The minimum Gasteiger partial charge on any atom is -0.292 e. The van der Waals surface area contributed by atoms with Crippen molar-refractivity contribution in [2.24, 2.45) is 0 Å². The molecule has 55 heavy (non-hydrogen) atoms. The summed E-state index contributed by atoms with van der Waals surface area (Å²) in [4.78, 5) is 6.03. The quantitative estimate of drug-likeness (QED) is 0.178. The number of benzene rings is 8. The van der Waals surface area contributed by atoms with Gasteiger partial charge in [0, 0.05) is 22.4 Å². The van der Waals surface area contributed by atoms with E-state index in [2.05, 4.69) is 144 Å². The molecule has 1 atom stereocenters. The van der Waals surface area contributed by atoms with E-state index in [1.807, 2.05) is 36.4 Å². The highest BCUT2D eigenvalue weighted by molar-refractivity contribution is 7.92. The first-order chi connectivity index (χ1) is 27.0. The topological polar surface area (TPSA) is 52.0 Å². The molecule has 12 rings (SSSR count). The Labute approximate surface area is 318 Å². The molecular formula is C50H30N2O2S. The van der Waals surface area contributed by atoms with Gasteiger partial charge in [-0.3, -0.25) is 4.57 Å². The van der Waals surface area contributed by atoms with Crippen LogP contribution in [0, 0.1) is 0 Å². The minimum absolute atomic E-state index is 0.363. The highest BCUT2D eigenvalue weighted by Gasteiger charge is 2.51. The fourth-order valence-corrected chi connectivity index (χ4v) is 11.5. The summed E-state index contributed by atoms with van der Waals surface area (Å²) in [5.74, 6) is 0.842. The lowest BCUT2D eigenvalue weighted by Crippen LogP contribution is -2.29. The first-order valence-corrected chi connectivity index (χ1v) is 20.0. The van der Waals surface area contributed by atoms with Crippen LogP contribution in [0.2, 0.25) is 0 Å². The lowest BCUT2D eigenvalue weighted by Gasteiger charge is -2.35. The zero-order valence-electron chi connectivity index (χ0n) is 29.4. The number of para-hydroxylation sites is 3. The van der Waals surface area contributed by atoms with Crippen molar-refractivity contribution in [1.82, 2.24) is 9.55 Å². The fraction of sp³-hybridized carbons (Fsp3) is 0.0200. The Hall–Kier alpha value is -6.82. The Kier molecular flexibility index (Phi) is 6.06. The maximum Gasteiger partial charge on any atom is 0.207 e. The SMILES string of the molecule is O=S1(=O)c2ccccc2-c2cc3c(cc21)C1(c2ccccc2-c2ccccc2-c2ccc(-c4nc5ccccc5n4-c4ccccc4)cc21)c1ccccc1-3. The molecule has 2 aliphatic carbocycles. The largest absolute Gasteiger partial charge is 0.292 e. The summed E-state index contributed by atoms with van der Waals surface area (Å²) in [6.45, 7) is 0. The van der Waals surface area contributed by atoms with Crippen molar-refractivity contribution in [3.05, 3.63) is 204 Å². The van der Waals surface area contributed by atoms with Gasteiger partial charge in [-0.2, -0.15) is 0 Å². The molecule has 1 aromatic heterocycles. The molecule has 8 aromatic carbocycles. The van der Waals surface area contributed by atoms with Crippen LogP contribution in [0.25, 0.3) is 72.6 Å². The van der Waals surface area contributed by atoms with E-state index in [-0.39, 0.29) is 0 Å². The number of aromatic nitrogens is 2. The third-order valence-electron chi connectivity index (χ3n) is 12.0. The summed E-state index contributed by atoms with van der Waals surface area (Å²) in [6, 6.07) is 63.0. The minimum atomic E-state index is -3.76. The standard InChI is InChI=1S/C50H30N2O2S/c53-55(54)47-25-13-8-20-38(47)40-29-39-36-19-7-10-22-42(36)50(44(39)30-48(40)55)41-21-9-6-18-35(41)33-16-4-5-17-34(33)37-27-26-31(28-43(37)50)49-51-45-23-11-12-24-46(45)52(49)32-14-2-1-3-15-32/h1-30H. The first kappa shape index (κ1) is 30.6. The number of sulfone groups is 1. The van der Waals surface area contributed by atoms with E-state index in [4.69, 9.17) is 4.98 Å². The zero-order valence-corrected chi connectivity index (χ0v) is 30.3. The van der Waals surface area contributed by atoms with Crippen LogP contribution in [-0.2, 0) is 15.3 Å². The van der Waals surface area contributed by atoms with Crippen LogP contribution in [0.4, 0.5) is 0 Å². The number of nitrogens with zero attached hydrogens (tertiary/aromatic N) is 2. The summed E-state index contributed by atoms with van der Waals surface area (Å²) in [7, 11) is -3.76. The number of fused-ring (bicyclic) bond motifs is 16. The van der Waals surface area contributed by atoms with E-state index >= 15 is 0 Å². The molecule has 0 amide bonds. The van der Waals surface area contributed by atoms with Crippen LogP contribution >= 0.6 is 0 Å². The van der Waals surface area contributed by atoms with Crippen LogP contribution in [0.15, 0.2) is 192 Å². The van der Waals surface area contributed by atoms with Crippen LogP contribution in [0.3, 0.4) is 0 Å². The van der Waals surface area contributed by atoms with Gasteiger partial charge in [0.05, 0.1) is 26.2 Å². The van der Waals surface area contributed by atoms with Gasteiger partial charge in [-0.15, -0.1) is 0 Å². The first-order valence-electron chi connectivity index (χ1n) is 18.5. The fourth-order valence-electron chi connectivity index (χ4n) is 9.79. The van der Waals surface area contributed by atoms with Gasteiger partial charge in [-0.1, -0.05) is 133 Å². The van der Waals surface area contributed by atoms with Crippen molar-refractivity contribution < 1.29 is 8.42 Å². The second-order valence-corrected chi connectivity index (χ2v) is 16.5. The van der Waals surface area contributed by atoms with E-state index in [9.17, 15) is 8.42 Å². The van der Waals surface area contributed by atoms with E-state index in [0.29, 0.717) is 9.79 Å². The molecule has 5 heteroatoms. The predicted octanol–water partition coefficient (Wildman–Crippen LogP) is 11.5. The molecule has 0 bridgehead atoms. The van der Waals surface area contributed by atoms with Crippen molar-refractivity contribution in [2.45, 2.75) is 15.2 Å². The molecule has 0 radical (unpaired) electrons. The Morgan fingerprint density at radius 1 is 0.418 bits per heavy atom. The Bertz CT molecular complexity index is 3230. The molecule has 1 aliphatic heterocycles. The van der Waals surface area contributed by atoms with Crippen molar-refractivity contribution in [3.8, 4) is 61.6 Å². The number of hydrogen-bond acceptors (Lipinski definition) is 3. The second-order valence-electron chi connectivity index (χ2n) is 14.6. The lowest BCUT2D eigenvalue weighted by atomic mass is 9.65. The number of imidazole rings is 1. The zero-order chi connectivity index (χ0) is 36.5. The Morgan fingerprint density at radius 2 is 0.982 bits per heavy atom. The Balaban J connectivity index is 1.25. The summed E-state index contributed by atoms with van der Waals surface area (Å²) >= 11 is 0. The molecule has 9 aromatic rings. The summed E-state index contributed by atoms with van der Waals surface area (Å²) in [5, 5.41) is 0. The molecule has 4 nitrogen and oxygen atoms in total. The van der Waals surface area contributed by atoms with Crippen molar-refractivity contribution in [1.29, 1.82) is 0 Å². The van der Waals surface area contributed by atoms with Gasteiger partial charge < -0.3 is 0 Å². The predicted molar refractivity (Wildman–Crippen MR) is 219 cm³/mol. The van der Waals surface area contributed by atoms with Gasteiger partial charge in [0.2, 0.25) is 9.84 Å². The number of hydrogen-bond donors (Lipinski definition) is 0. The highest BCUT2D eigenvalue weighted by Crippen LogP contribution is 2.63. The molecule has 0 N–H and O–H groups in total. The Morgan fingerprint density at radius 3 is 1.73 bits per heavy atom. The van der Waals surface area contributed by atoms with Crippen LogP contribution in [-0.4, -0.2) is 18.0 Å². The van der Waals surface area contributed by atoms with Gasteiger partial charge in [0.1, 0.15) is 5.82 Å². The molecular weight excluding hydrogens is 693 g/mol.